The Morgan fingerprint density at radius 1 is 0.385 bits per heavy atom. The molecule has 1 aromatic carbocycles. The molecule has 0 aliphatic carbocycles. The van der Waals surface area contributed by atoms with Crippen LogP contribution in [0.25, 0.3) is 0 Å². The van der Waals surface area contributed by atoms with Crippen molar-refractivity contribution in [2.24, 2.45) is 0 Å². The first-order valence-electron chi connectivity index (χ1n) is 17.5. The van der Waals surface area contributed by atoms with E-state index in [0.717, 1.165) is 5.33 Å². The van der Waals surface area contributed by atoms with Crippen LogP contribution in [0.1, 0.15) is 197 Å². The fourth-order valence-electron chi connectivity index (χ4n) is 6.09. The molecule has 1 aromatic rings. The van der Waals surface area contributed by atoms with Crippen molar-refractivity contribution in [3.63, 3.8) is 0 Å². The molecule has 0 bridgehead atoms. The molecule has 0 aliphatic heterocycles. The number of aryl methyl sites for hydroxylation is 1. The zero-order valence-corrected chi connectivity index (χ0v) is 28.6. The summed E-state index contributed by atoms with van der Waals surface area (Å²) >= 11 is 3.85. The van der Waals surface area contributed by atoms with Crippen molar-refractivity contribution in [3.05, 3.63) is 34.4 Å². The number of hydrogen-bond donors (Lipinski definition) is 1. The van der Waals surface area contributed by atoms with E-state index in [1.54, 1.807) is 22.3 Å². The van der Waals surface area contributed by atoms with Gasteiger partial charge >= 0.3 is 0 Å². The van der Waals surface area contributed by atoms with Crippen LogP contribution >= 0.6 is 15.9 Å². The largest absolute Gasteiger partial charge is 0.344 e. The average molecular weight is 609 g/mol. The number of rotatable bonds is 28. The fraction of sp³-hybridized carbons (Fsp3) is 0.838. The van der Waals surface area contributed by atoms with Gasteiger partial charge in [0.25, 0.3) is 0 Å². The Kier molecular flexibility index (Phi) is 28.9. The molecule has 39 heavy (non-hydrogen) atoms. The third kappa shape index (κ3) is 20.2. The van der Waals surface area contributed by atoms with Gasteiger partial charge in [-0.05, 0) is 60.8 Å². The van der Waals surface area contributed by atoms with Gasteiger partial charge in [0.2, 0.25) is 0 Å². The topological polar surface area (TPSA) is 35.0 Å². The van der Waals surface area contributed by atoms with E-state index in [-0.39, 0.29) is 6.15 Å². The van der Waals surface area contributed by atoms with Crippen LogP contribution in [0.5, 0.6) is 0 Å². The molecule has 0 aliphatic rings. The van der Waals surface area contributed by atoms with Crippen molar-refractivity contribution in [1.82, 2.24) is 6.15 Å². The number of halogens is 1. The minimum Gasteiger partial charge on any atom is -0.344 e. The summed E-state index contributed by atoms with van der Waals surface area (Å²) in [4.78, 5) is 0. The SMILES string of the molecule is CCCCCCCCCCc1ccc(CBr)c(CCCCCCCCCC)c1CCCCCCCCCC.N. The monoisotopic (exact) mass is 607 g/mol. The maximum atomic E-state index is 3.85. The third-order valence-corrected chi connectivity index (χ3v) is 9.23. The Morgan fingerprint density at radius 2 is 0.667 bits per heavy atom. The van der Waals surface area contributed by atoms with Gasteiger partial charge in [-0.2, -0.15) is 0 Å². The van der Waals surface area contributed by atoms with Crippen molar-refractivity contribution >= 4 is 15.9 Å². The van der Waals surface area contributed by atoms with Gasteiger partial charge in [-0.1, -0.05) is 184 Å². The molecule has 3 N–H and O–H groups in total. The predicted octanol–water partition coefficient (Wildman–Crippen LogP) is 13.8. The van der Waals surface area contributed by atoms with Crippen LogP contribution < -0.4 is 6.15 Å². The van der Waals surface area contributed by atoms with Gasteiger partial charge in [0, 0.05) is 5.33 Å². The van der Waals surface area contributed by atoms with E-state index in [2.05, 4.69) is 48.8 Å². The Balaban J connectivity index is 0.0000144. The zero-order valence-electron chi connectivity index (χ0n) is 27.0. The smallest absolute Gasteiger partial charge is 0.0285 e. The second kappa shape index (κ2) is 29.2. The van der Waals surface area contributed by atoms with Gasteiger partial charge in [0.1, 0.15) is 0 Å². The molecule has 2 heteroatoms. The Bertz CT molecular complexity index is 641. The number of hydrogen-bond acceptors (Lipinski definition) is 1. The number of unbranched alkanes of at least 4 members (excludes halogenated alkanes) is 21. The van der Waals surface area contributed by atoms with Crippen LogP contribution in [0.3, 0.4) is 0 Å². The maximum absolute atomic E-state index is 3.85. The molecule has 0 saturated heterocycles. The summed E-state index contributed by atoms with van der Waals surface area (Å²) in [6.07, 6.45) is 37.9. The maximum Gasteiger partial charge on any atom is 0.0285 e. The molecule has 0 heterocycles. The normalized spacial score (nSPS) is 11.2. The molecule has 0 amide bonds. The fourth-order valence-corrected chi connectivity index (χ4v) is 6.62. The molecular formula is C37H70BrN. The summed E-state index contributed by atoms with van der Waals surface area (Å²) in [6.45, 7) is 6.95. The van der Waals surface area contributed by atoms with Gasteiger partial charge in [-0.3, -0.25) is 0 Å². The second-order valence-corrected chi connectivity index (χ2v) is 12.7. The number of alkyl halides is 1. The summed E-state index contributed by atoms with van der Waals surface area (Å²) in [7, 11) is 0. The third-order valence-electron chi connectivity index (χ3n) is 8.63. The van der Waals surface area contributed by atoms with Gasteiger partial charge < -0.3 is 6.15 Å². The molecule has 0 saturated carbocycles. The van der Waals surface area contributed by atoms with E-state index in [1.807, 2.05) is 0 Å². The summed E-state index contributed by atoms with van der Waals surface area (Å²) < 4.78 is 0. The molecule has 0 radical (unpaired) electrons. The highest BCUT2D eigenvalue weighted by molar-refractivity contribution is 9.08. The number of benzene rings is 1. The first kappa shape index (κ1) is 38.7. The summed E-state index contributed by atoms with van der Waals surface area (Å²) in [5.41, 5.74) is 6.76. The highest BCUT2D eigenvalue weighted by atomic mass is 79.9. The minimum absolute atomic E-state index is 0. The van der Waals surface area contributed by atoms with E-state index in [9.17, 15) is 0 Å². The molecular weight excluding hydrogens is 538 g/mol. The molecule has 230 valence electrons. The second-order valence-electron chi connectivity index (χ2n) is 12.1. The summed E-state index contributed by atoms with van der Waals surface area (Å²) in [6, 6.07) is 4.97. The first-order chi connectivity index (χ1) is 18.8. The average Bonchev–Trinajstić information content (AvgIpc) is 2.93. The van der Waals surface area contributed by atoms with Crippen LogP contribution in [0.15, 0.2) is 12.1 Å². The van der Waals surface area contributed by atoms with Crippen LogP contribution in [-0.4, -0.2) is 0 Å². The lowest BCUT2D eigenvalue weighted by atomic mass is 9.87. The van der Waals surface area contributed by atoms with Crippen molar-refractivity contribution in [2.75, 3.05) is 0 Å². The van der Waals surface area contributed by atoms with Gasteiger partial charge in [0.05, 0.1) is 0 Å². The molecule has 1 rings (SSSR count). The zero-order chi connectivity index (χ0) is 27.5. The lowest BCUT2D eigenvalue weighted by molar-refractivity contribution is 0.566. The minimum atomic E-state index is 0. The van der Waals surface area contributed by atoms with E-state index in [1.165, 1.54) is 173 Å². The van der Waals surface area contributed by atoms with Crippen LogP contribution in [-0.2, 0) is 24.6 Å². The van der Waals surface area contributed by atoms with Crippen molar-refractivity contribution in [3.8, 4) is 0 Å². The van der Waals surface area contributed by atoms with Crippen molar-refractivity contribution in [2.45, 2.75) is 199 Å². The summed E-state index contributed by atoms with van der Waals surface area (Å²) in [5, 5.41) is 1.02. The van der Waals surface area contributed by atoms with Gasteiger partial charge in [-0.15, -0.1) is 0 Å². The lowest BCUT2D eigenvalue weighted by Crippen LogP contribution is -2.05. The van der Waals surface area contributed by atoms with Gasteiger partial charge in [-0.25, -0.2) is 0 Å². The van der Waals surface area contributed by atoms with E-state index in [0.29, 0.717) is 0 Å². The molecule has 0 fully saturated rings. The summed E-state index contributed by atoms with van der Waals surface area (Å²) in [5.74, 6) is 0. The Hall–Kier alpha value is -0.340. The molecule has 1 nitrogen and oxygen atoms in total. The van der Waals surface area contributed by atoms with E-state index in [4.69, 9.17) is 0 Å². The highest BCUT2D eigenvalue weighted by Gasteiger charge is 2.13. The standard InChI is InChI=1S/C37H67Br.H3N/c1-4-7-10-13-16-19-22-25-28-34-31-32-35(33-38)37(30-27-24-21-18-15-12-9-6-3)36(34)29-26-23-20-17-14-11-8-5-2;/h31-32H,4-30,33H2,1-3H3;1H3. The predicted molar refractivity (Wildman–Crippen MR) is 183 cm³/mol. The quantitative estimate of drug-likeness (QED) is 0.0745. The van der Waals surface area contributed by atoms with E-state index < -0.39 is 0 Å². The van der Waals surface area contributed by atoms with Crippen LogP contribution in [0, 0.1) is 0 Å². The van der Waals surface area contributed by atoms with Crippen molar-refractivity contribution < 1.29 is 0 Å². The molecule has 0 spiro atoms. The highest BCUT2D eigenvalue weighted by Crippen LogP contribution is 2.28. The van der Waals surface area contributed by atoms with Crippen LogP contribution in [0.2, 0.25) is 0 Å². The first-order valence-corrected chi connectivity index (χ1v) is 18.6. The lowest BCUT2D eigenvalue weighted by Gasteiger charge is -2.19. The Labute approximate surface area is 255 Å². The van der Waals surface area contributed by atoms with Crippen LogP contribution in [0.4, 0.5) is 0 Å². The Morgan fingerprint density at radius 3 is 1.03 bits per heavy atom. The molecule has 0 aromatic heterocycles. The molecule has 0 atom stereocenters. The molecule has 0 unspecified atom stereocenters. The van der Waals surface area contributed by atoms with E-state index >= 15 is 0 Å². The van der Waals surface area contributed by atoms with Gasteiger partial charge in [0.15, 0.2) is 0 Å². The van der Waals surface area contributed by atoms with Crippen molar-refractivity contribution in [1.29, 1.82) is 0 Å².